The number of primary amides is 1. The molecule has 2 N–H and O–H groups in total. The molecule has 0 aromatic heterocycles. The number of ether oxygens (including phenoxy) is 1. The van der Waals surface area contributed by atoms with E-state index in [4.69, 9.17) is 33.7 Å². The quantitative estimate of drug-likeness (QED) is 0.150. The molecule has 0 bridgehead atoms. The number of Topliss-reactive ketones (excluding diaryl/α,β-unsaturated/α-hetero) is 2. The molecule has 18 atom stereocenters. The van der Waals surface area contributed by atoms with Crippen molar-refractivity contribution in [2.45, 2.75) is 208 Å². The molecule has 8 fully saturated rings. The Balaban J connectivity index is 0.000000179. The normalized spacial score (nSPS) is 33.4. The van der Waals surface area contributed by atoms with Crippen LogP contribution in [-0.2, 0) is 75.1 Å². The van der Waals surface area contributed by atoms with E-state index in [9.17, 15) is 57.5 Å². The largest absolute Gasteiger partial charge is 0.467 e. The van der Waals surface area contributed by atoms with E-state index >= 15 is 0 Å². The van der Waals surface area contributed by atoms with E-state index in [2.05, 4.69) is 0 Å². The number of likely N-dealkylation sites (tertiary alicyclic amines) is 4. The maximum absolute atomic E-state index is 14.8. The van der Waals surface area contributed by atoms with E-state index in [0.717, 1.165) is 17.5 Å². The van der Waals surface area contributed by atoms with Crippen LogP contribution in [0.4, 0.5) is 0 Å². The number of carbonyl (C=O) groups is 12. The first-order chi connectivity index (χ1) is 47.9. The lowest BCUT2D eigenvalue weighted by atomic mass is 9.86. The third-order valence-electron chi connectivity index (χ3n) is 24.2. The Bertz CT molecular complexity index is 3660. The van der Waals surface area contributed by atoms with Crippen LogP contribution < -0.4 is 5.73 Å². The van der Waals surface area contributed by atoms with Crippen LogP contribution in [0.1, 0.15) is 135 Å². The first-order valence-corrected chi connectivity index (χ1v) is 36.8. The summed E-state index contributed by atoms with van der Waals surface area (Å²) in [6.07, 6.45) is 23.4. The Hall–Kier alpha value is -7.98. The number of hydrogen-bond acceptors (Lipinski definition) is 13. The van der Waals surface area contributed by atoms with E-state index in [1.807, 2.05) is 98.9 Å². The molecule has 9 amide bonds. The number of fused-ring (bicyclic) bond motifs is 6. The van der Waals surface area contributed by atoms with Gasteiger partial charge in [-0.2, -0.15) is 0 Å². The zero-order valence-electron chi connectivity index (χ0n) is 57.5. The molecule has 14 rings (SSSR count). The van der Waals surface area contributed by atoms with Gasteiger partial charge in [-0.3, -0.25) is 43.2 Å². The number of ketones is 2. The van der Waals surface area contributed by atoms with Gasteiger partial charge in [0.2, 0.25) is 41.4 Å². The number of methoxy groups -OCH3 is 1. The minimum Gasteiger partial charge on any atom is -0.467 e. The molecule has 22 nitrogen and oxygen atoms in total. The van der Waals surface area contributed by atoms with Crippen LogP contribution in [0.3, 0.4) is 0 Å². The fraction of sp³-hybridized carbons (Fsp3) is 0.579. The van der Waals surface area contributed by atoms with Gasteiger partial charge in [-0.15, -0.1) is 0 Å². The van der Waals surface area contributed by atoms with Gasteiger partial charge in [0.15, 0.2) is 0 Å². The van der Waals surface area contributed by atoms with Crippen LogP contribution >= 0.6 is 23.2 Å². The van der Waals surface area contributed by atoms with Gasteiger partial charge >= 0.3 is 5.97 Å². The molecule has 2 aromatic carbocycles. The van der Waals surface area contributed by atoms with E-state index in [-0.39, 0.29) is 132 Å². The third-order valence-corrected chi connectivity index (χ3v) is 25.0. The van der Waals surface area contributed by atoms with Gasteiger partial charge in [0.1, 0.15) is 58.9 Å². The number of halogens is 2. The summed E-state index contributed by atoms with van der Waals surface area (Å²) >= 11 is 12.9. The van der Waals surface area contributed by atoms with Crippen molar-refractivity contribution >= 4 is 93.9 Å². The standard InChI is InChI=1S/C38H46ClN5O6.C38H45ClN4O7/c1-3-23-21-31(33(40)46)44-29(23)11-9-24-14-18-41(32(24)36(44)49)35(48)30-12-10-27-13-16-38(37(50)43(27)30)15-6-17-42(38)34(47)26(19-22(2)45)20-25-7-4-5-8-28(25)39;1-22-19-31(36(48)50-3)43-29(22)11-9-24-14-18-40(32(24)35(43)47)34(46)30-12-10-27-13-16-38(37(49)42(27)30)15-6-17-41(38)33(45)26(20-23(2)44)21-25-7-4-5-8-28(25)39/h4-5,7-9,11,13,16,23-24,26-27,29-32H,3,6,10,12,14-15,17-21H2,1-2H3,(H2,40,46);4-5,7-9,11,13,16,22,24,26-27,29-32H,6,10,12,14-15,17-21H2,1-3H3/t23-,24+,26+,27+,29+,30+,31+,32+,38-;22-,24+,26+,27+,29+,30+,31+,32+,38-/m11/s1. The highest BCUT2D eigenvalue weighted by Gasteiger charge is 2.62. The van der Waals surface area contributed by atoms with Crippen LogP contribution in [0.2, 0.25) is 10.0 Å². The summed E-state index contributed by atoms with van der Waals surface area (Å²) in [7, 11) is 1.32. The van der Waals surface area contributed by atoms with Crippen molar-refractivity contribution in [3.8, 4) is 0 Å². The number of rotatable bonds is 15. The zero-order chi connectivity index (χ0) is 71.0. The lowest BCUT2D eigenvalue weighted by molar-refractivity contribution is -0.159. The third kappa shape index (κ3) is 12.2. The summed E-state index contributed by atoms with van der Waals surface area (Å²) in [6, 6.07) is 8.85. The second kappa shape index (κ2) is 28.1. The molecule has 100 heavy (non-hydrogen) atoms. The van der Waals surface area contributed by atoms with E-state index in [1.54, 1.807) is 51.3 Å². The number of benzene rings is 2. The van der Waals surface area contributed by atoms with Crippen molar-refractivity contribution in [1.29, 1.82) is 0 Å². The second-order valence-corrected chi connectivity index (χ2v) is 30.8. The van der Waals surface area contributed by atoms with Crippen molar-refractivity contribution in [1.82, 2.24) is 39.2 Å². The van der Waals surface area contributed by atoms with Crippen LogP contribution in [0.15, 0.2) is 97.1 Å². The molecular formula is C76H91Cl2N9O13. The SMILES string of the molecule is CC[C@@H]1C[C@@H](C(N)=O)N2C(=O)[C@@H]3[C@@H](C=C[C@@H]12)CCN3C(=O)[C@@H]1CC[C@H]2C=C[C@]3(CCCN3C(=O)[C@@H](CC(C)=O)Cc3ccccc3Cl)C(=O)N21.COC(=O)[C@@H]1C[C@@H](C)[C@@H]2C=C[C@H]3CCN(C(=O)[C@@H]4CC[C@H]5C=C[C@]6(CCCN6C(=O)[C@@H](CC(C)=O)Cc6ccccc6Cl)C(=O)N54)[C@@H]3C(=O)N12. The second-order valence-electron chi connectivity index (χ2n) is 30.0. The Labute approximate surface area is 593 Å². The number of esters is 1. The molecule has 0 saturated carbocycles. The Morgan fingerprint density at radius 2 is 1.01 bits per heavy atom. The van der Waals surface area contributed by atoms with Crippen LogP contribution in [0, 0.1) is 35.5 Å². The van der Waals surface area contributed by atoms with E-state index < -0.39 is 71.0 Å². The molecule has 2 spiro atoms. The van der Waals surface area contributed by atoms with E-state index in [1.165, 1.54) is 21.0 Å². The molecule has 24 heteroatoms. The van der Waals surface area contributed by atoms with Gasteiger partial charge < -0.3 is 59.3 Å². The minimum atomic E-state index is -1.26. The molecule has 8 saturated heterocycles. The number of nitrogens with two attached hydrogens (primary N) is 1. The van der Waals surface area contributed by atoms with Crippen molar-refractivity contribution in [2.75, 3.05) is 33.3 Å². The highest BCUT2D eigenvalue weighted by atomic mass is 35.5. The first kappa shape index (κ1) is 70.5. The molecule has 2 aromatic rings. The summed E-state index contributed by atoms with van der Waals surface area (Å²) in [6.45, 7) is 8.42. The first-order valence-electron chi connectivity index (χ1n) is 36.0. The molecule has 12 aliphatic rings. The van der Waals surface area contributed by atoms with Crippen molar-refractivity contribution < 1.29 is 62.3 Å². The predicted octanol–water partition coefficient (Wildman–Crippen LogP) is 6.37. The van der Waals surface area contributed by atoms with Gasteiger partial charge in [0.05, 0.1) is 31.3 Å². The minimum absolute atomic E-state index is 0.0233. The van der Waals surface area contributed by atoms with Gasteiger partial charge in [-0.25, -0.2) is 4.79 Å². The summed E-state index contributed by atoms with van der Waals surface area (Å²) < 4.78 is 5.06. The molecule has 0 radical (unpaired) electrons. The monoisotopic (exact) mass is 1410 g/mol. The summed E-state index contributed by atoms with van der Waals surface area (Å²) in [5, 5.41) is 1.03. The summed E-state index contributed by atoms with van der Waals surface area (Å²) in [5.74, 6) is -5.03. The Morgan fingerprint density at radius 1 is 0.560 bits per heavy atom. The highest BCUT2D eigenvalue weighted by molar-refractivity contribution is 6.31. The fourth-order valence-corrected chi connectivity index (χ4v) is 19.8. The molecular weight excluding hydrogens is 1320 g/mol. The zero-order valence-corrected chi connectivity index (χ0v) is 59.1. The molecule has 532 valence electrons. The van der Waals surface area contributed by atoms with Gasteiger partial charge in [-0.1, -0.05) is 128 Å². The smallest absolute Gasteiger partial charge is 0.328 e. The summed E-state index contributed by atoms with van der Waals surface area (Å²) in [4.78, 5) is 179. The number of carbonyl (C=O) groups excluding carboxylic acids is 12. The maximum atomic E-state index is 14.8. The van der Waals surface area contributed by atoms with Gasteiger partial charge in [0.25, 0.3) is 11.8 Å². The summed E-state index contributed by atoms with van der Waals surface area (Å²) in [5.41, 5.74) is 4.80. The average Bonchev–Trinajstić information content (AvgIpc) is 1.54. The van der Waals surface area contributed by atoms with Crippen LogP contribution in [-0.4, -0.2) is 215 Å². The molecule has 12 heterocycles. The molecule has 0 unspecified atom stereocenters. The van der Waals surface area contributed by atoms with Crippen molar-refractivity contribution in [3.05, 3.63) is 118 Å². The van der Waals surface area contributed by atoms with Gasteiger partial charge in [-0.05, 0) is 139 Å². The average molecular weight is 1410 g/mol. The Morgan fingerprint density at radius 3 is 1.44 bits per heavy atom. The van der Waals surface area contributed by atoms with Crippen molar-refractivity contribution in [2.24, 2.45) is 41.2 Å². The van der Waals surface area contributed by atoms with Gasteiger partial charge in [0, 0.05) is 72.7 Å². The van der Waals surface area contributed by atoms with Crippen LogP contribution in [0.25, 0.3) is 0 Å². The number of hydrogen-bond donors (Lipinski definition) is 1. The fourth-order valence-electron chi connectivity index (χ4n) is 19.4. The highest BCUT2D eigenvalue weighted by Crippen LogP contribution is 2.48. The predicted molar refractivity (Wildman–Crippen MR) is 369 cm³/mol. The maximum Gasteiger partial charge on any atom is 0.328 e. The molecule has 0 aliphatic carbocycles. The number of amides is 9. The topological polar surface area (TPSA) is 266 Å². The van der Waals surface area contributed by atoms with Crippen LogP contribution in [0.5, 0.6) is 0 Å². The lowest BCUT2D eigenvalue weighted by Gasteiger charge is -2.45. The van der Waals surface area contributed by atoms with Crippen molar-refractivity contribution in [3.63, 3.8) is 0 Å². The molecule has 12 aliphatic heterocycles. The lowest BCUT2D eigenvalue weighted by Crippen LogP contribution is -2.64. The Kier molecular flexibility index (Phi) is 19.8. The van der Waals surface area contributed by atoms with E-state index in [0.29, 0.717) is 113 Å². The number of nitrogens with zero attached hydrogens (tertiary/aromatic N) is 8.